The Kier molecular flexibility index (Phi) is 5.16. The van der Waals surface area contributed by atoms with E-state index in [9.17, 15) is 8.42 Å². The van der Waals surface area contributed by atoms with Gasteiger partial charge in [-0.1, -0.05) is 6.92 Å². The molecule has 0 amide bonds. The summed E-state index contributed by atoms with van der Waals surface area (Å²) in [7, 11) is -1.02. The molecule has 1 N–H and O–H groups in total. The third-order valence-electron chi connectivity index (χ3n) is 3.88. The molecule has 2 rings (SSSR count). The lowest BCUT2D eigenvalue weighted by atomic mass is 10.2. The minimum atomic E-state index is -2.89. The molecule has 1 aromatic rings. The Hall–Kier alpha value is -1.21. The summed E-state index contributed by atoms with van der Waals surface area (Å²) in [5.74, 6) is 1.07. The quantitative estimate of drug-likeness (QED) is 0.787. The van der Waals surface area contributed by atoms with E-state index in [1.54, 1.807) is 0 Å². The molecule has 1 unspecified atom stereocenters. The second-order valence-corrected chi connectivity index (χ2v) is 7.85. The molecule has 118 valence electrons. The van der Waals surface area contributed by atoms with Crippen molar-refractivity contribution >= 4 is 15.8 Å². The van der Waals surface area contributed by atoms with Crippen LogP contribution in [0.2, 0.25) is 0 Å². The zero-order valence-electron chi connectivity index (χ0n) is 13.0. The first kappa shape index (κ1) is 16.2. The highest BCUT2D eigenvalue weighted by atomic mass is 32.2. The molecule has 1 atom stereocenters. The molecule has 0 radical (unpaired) electrons. The fraction of sp³-hybridized carbons (Fsp3) is 0.714. The van der Waals surface area contributed by atoms with Crippen molar-refractivity contribution in [1.82, 2.24) is 15.3 Å². The minimum Gasteiger partial charge on any atom is -0.340 e. The summed E-state index contributed by atoms with van der Waals surface area (Å²) in [6.07, 6.45) is 3.58. The van der Waals surface area contributed by atoms with Crippen LogP contribution in [0.1, 0.15) is 31.0 Å². The van der Waals surface area contributed by atoms with Crippen LogP contribution in [0.4, 0.5) is 5.95 Å². The van der Waals surface area contributed by atoms with E-state index < -0.39 is 9.84 Å². The van der Waals surface area contributed by atoms with Crippen LogP contribution in [0, 0.1) is 6.92 Å². The van der Waals surface area contributed by atoms with E-state index in [0.29, 0.717) is 12.4 Å². The van der Waals surface area contributed by atoms with Crippen molar-refractivity contribution in [2.24, 2.45) is 0 Å². The first-order chi connectivity index (χ1) is 9.93. The fourth-order valence-corrected chi connectivity index (χ4v) is 4.24. The second-order valence-electron chi connectivity index (χ2n) is 5.63. The third kappa shape index (κ3) is 4.14. The Morgan fingerprint density at radius 1 is 1.48 bits per heavy atom. The molecule has 0 aliphatic carbocycles. The van der Waals surface area contributed by atoms with Gasteiger partial charge in [0.15, 0.2) is 9.84 Å². The molecule has 1 aliphatic rings. The number of hydrogen-bond acceptors (Lipinski definition) is 6. The molecule has 1 aliphatic heterocycles. The van der Waals surface area contributed by atoms with E-state index in [-0.39, 0.29) is 17.5 Å². The Morgan fingerprint density at radius 3 is 2.81 bits per heavy atom. The zero-order valence-corrected chi connectivity index (χ0v) is 13.8. The molecule has 0 bridgehead atoms. The van der Waals surface area contributed by atoms with Gasteiger partial charge < -0.3 is 10.2 Å². The van der Waals surface area contributed by atoms with Crippen LogP contribution in [0.25, 0.3) is 0 Å². The van der Waals surface area contributed by atoms with Crippen LogP contribution in [0.3, 0.4) is 0 Å². The topological polar surface area (TPSA) is 75.2 Å². The van der Waals surface area contributed by atoms with Crippen molar-refractivity contribution in [2.45, 2.75) is 39.3 Å². The molecule has 1 saturated heterocycles. The van der Waals surface area contributed by atoms with E-state index in [2.05, 4.69) is 22.2 Å². The summed E-state index contributed by atoms with van der Waals surface area (Å²) in [4.78, 5) is 10.8. The van der Waals surface area contributed by atoms with Gasteiger partial charge in [0.2, 0.25) is 5.95 Å². The normalized spacial score (nSPS) is 20.6. The summed E-state index contributed by atoms with van der Waals surface area (Å²) in [6.45, 7) is 5.83. The van der Waals surface area contributed by atoms with Crippen LogP contribution in [0.5, 0.6) is 0 Å². The second kappa shape index (κ2) is 6.70. The lowest BCUT2D eigenvalue weighted by Gasteiger charge is -2.23. The predicted molar refractivity (Wildman–Crippen MR) is 84.2 cm³/mol. The molecule has 1 fully saturated rings. The van der Waals surface area contributed by atoms with E-state index in [1.165, 1.54) is 0 Å². The molecule has 2 heterocycles. The van der Waals surface area contributed by atoms with Crippen LogP contribution in [-0.2, 0) is 16.4 Å². The van der Waals surface area contributed by atoms with Gasteiger partial charge in [-0.25, -0.2) is 18.4 Å². The molecule has 6 nitrogen and oxygen atoms in total. The van der Waals surface area contributed by atoms with Crippen LogP contribution in [0.15, 0.2) is 6.20 Å². The van der Waals surface area contributed by atoms with Gasteiger partial charge in [0.05, 0.1) is 11.5 Å². The summed E-state index contributed by atoms with van der Waals surface area (Å²) in [6, 6.07) is -0.0153. The number of anilines is 1. The third-order valence-corrected chi connectivity index (χ3v) is 5.63. The molecule has 0 spiro atoms. The average Bonchev–Trinajstić information content (AvgIpc) is 2.80. The highest BCUT2D eigenvalue weighted by molar-refractivity contribution is 7.91. The van der Waals surface area contributed by atoms with Gasteiger partial charge >= 0.3 is 0 Å². The maximum Gasteiger partial charge on any atom is 0.225 e. The maximum atomic E-state index is 11.6. The number of hydrogen-bond donors (Lipinski definition) is 1. The number of rotatable bonds is 6. The van der Waals surface area contributed by atoms with E-state index in [4.69, 9.17) is 0 Å². The van der Waals surface area contributed by atoms with Crippen molar-refractivity contribution in [3.05, 3.63) is 17.5 Å². The van der Waals surface area contributed by atoms with E-state index >= 15 is 0 Å². The first-order valence-corrected chi connectivity index (χ1v) is 9.21. The van der Waals surface area contributed by atoms with E-state index in [1.807, 2.05) is 25.1 Å². The van der Waals surface area contributed by atoms with Gasteiger partial charge in [-0.05, 0) is 26.3 Å². The smallest absolute Gasteiger partial charge is 0.225 e. The van der Waals surface area contributed by atoms with Gasteiger partial charge in [-0.2, -0.15) is 0 Å². The predicted octanol–water partition coefficient (Wildman–Crippen LogP) is 0.908. The molecule has 1 aromatic heterocycles. The number of aromatic nitrogens is 2. The molecule has 0 aromatic carbocycles. The molecular weight excluding hydrogens is 288 g/mol. The average molecular weight is 312 g/mol. The largest absolute Gasteiger partial charge is 0.340 e. The van der Waals surface area contributed by atoms with Gasteiger partial charge in [0, 0.05) is 37.1 Å². The Morgan fingerprint density at radius 2 is 2.24 bits per heavy atom. The van der Waals surface area contributed by atoms with Crippen LogP contribution < -0.4 is 10.2 Å². The highest BCUT2D eigenvalue weighted by Crippen LogP contribution is 2.20. The summed E-state index contributed by atoms with van der Waals surface area (Å²) >= 11 is 0. The Bertz CT molecular complexity index is 589. The van der Waals surface area contributed by atoms with Gasteiger partial charge in [-0.15, -0.1) is 0 Å². The number of nitrogens with zero attached hydrogens (tertiary/aromatic N) is 3. The summed E-state index contributed by atoms with van der Waals surface area (Å²) in [5.41, 5.74) is 2.02. The summed E-state index contributed by atoms with van der Waals surface area (Å²) < 4.78 is 23.1. The van der Waals surface area contributed by atoms with Crippen molar-refractivity contribution in [3.63, 3.8) is 0 Å². The molecule has 21 heavy (non-hydrogen) atoms. The van der Waals surface area contributed by atoms with E-state index in [0.717, 1.165) is 30.8 Å². The Balaban J connectivity index is 2.05. The number of aryl methyl sites for hydroxylation is 1. The van der Waals surface area contributed by atoms with Crippen molar-refractivity contribution < 1.29 is 8.42 Å². The molecular formula is C14H24N4O2S. The minimum absolute atomic E-state index is 0.0153. The zero-order chi connectivity index (χ0) is 15.5. The number of sulfone groups is 1. The fourth-order valence-electron chi connectivity index (χ4n) is 2.47. The van der Waals surface area contributed by atoms with Gasteiger partial charge in [-0.3, -0.25) is 0 Å². The SMILES string of the molecule is CCCNCc1cnc(N(C)C2CCS(=O)(=O)C2)nc1C. The van der Waals surface area contributed by atoms with Crippen molar-refractivity contribution in [2.75, 3.05) is 30.0 Å². The first-order valence-electron chi connectivity index (χ1n) is 7.39. The number of nitrogens with one attached hydrogen (secondary N) is 1. The van der Waals surface area contributed by atoms with Gasteiger partial charge in [0.1, 0.15) is 0 Å². The lowest BCUT2D eigenvalue weighted by molar-refractivity contribution is 0.600. The highest BCUT2D eigenvalue weighted by Gasteiger charge is 2.31. The van der Waals surface area contributed by atoms with Gasteiger partial charge in [0.25, 0.3) is 0 Å². The van der Waals surface area contributed by atoms with Crippen molar-refractivity contribution in [1.29, 1.82) is 0 Å². The molecule has 0 saturated carbocycles. The van der Waals surface area contributed by atoms with Crippen LogP contribution >= 0.6 is 0 Å². The molecule has 7 heteroatoms. The Labute approximate surface area is 126 Å². The van der Waals surface area contributed by atoms with Crippen molar-refractivity contribution in [3.8, 4) is 0 Å². The lowest BCUT2D eigenvalue weighted by Crippen LogP contribution is -2.34. The standard InChI is InChI=1S/C14H24N4O2S/c1-4-6-15-8-12-9-16-14(17-11(12)2)18(3)13-5-7-21(19,20)10-13/h9,13,15H,4-8,10H2,1-3H3. The van der Waals surface area contributed by atoms with Crippen LogP contribution in [-0.4, -0.2) is 49.5 Å². The monoisotopic (exact) mass is 312 g/mol. The maximum absolute atomic E-state index is 11.6. The summed E-state index contributed by atoms with van der Waals surface area (Å²) in [5, 5.41) is 3.33.